The van der Waals surface area contributed by atoms with Crippen LogP contribution >= 0.6 is 0 Å². The molecule has 0 saturated heterocycles. The van der Waals surface area contributed by atoms with Crippen molar-refractivity contribution in [2.75, 3.05) is 13.2 Å². The van der Waals surface area contributed by atoms with E-state index in [4.69, 9.17) is 9.84 Å². The van der Waals surface area contributed by atoms with E-state index in [0.29, 0.717) is 6.04 Å². The summed E-state index contributed by atoms with van der Waals surface area (Å²) in [5, 5.41) is 9.55. The second kappa shape index (κ2) is 7.57. The van der Waals surface area contributed by atoms with Crippen LogP contribution in [-0.4, -0.2) is 35.1 Å². The Balaban J connectivity index is 2.21. The Bertz CT molecular complexity index is 564. The molecule has 116 valence electrons. The topological polar surface area (TPSA) is 39.1 Å². The van der Waals surface area contributed by atoms with Gasteiger partial charge in [0, 0.05) is 31.5 Å². The van der Waals surface area contributed by atoms with Crippen LogP contribution in [0.15, 0.2) is 24.3 Å². The average Bonchev–Trinajstić information content (AvgIpc) is 2.80. The number of fused-ring (bicyclic) bond motifs is 1. The van der Waals surface area contributed by atoms with E-state index in [1.165, 1.54) is 10.9 Å². The first-order chi connectivity index (χ1) is 10.2. The summed E-state index contributed by atoms with van der Waals surface area (Å²) < 4.78 is 7.76. The number of aryl methyl sites for hydroxylation is 1. The quantitative estimate of drug-likeness (QED) is 0.812. The monoisotopic (exact) mass is 289 g/mol. The first-order valence-corrected chi connectivity index (χ1v) is 7.93. The zero-order chi connectivity index (χ0) is 15.2. The summed E-state index contributed by atoms with van der Waals surface area (Å²) >= 11 is 0. The van der Waals surface area contributed by atoms with E-state index in [1.54, 1.807) is 0 Å². The fourth-order valence-corrected chi connectivity index (χ4v) is 2.76. The number of nitrogens with one attached hydrogen (secondary N) is 1. The van der Waals surface area contributed by atoms with Crippen LogP contribution in [0.2, 0.25) is 0 Å². The molecule has 0 aliphatic rings. The number of hydrogen-bond donors (Lipinski definition) is 1. The van der Waals surface area contributed by atoms with Gasteiger partial charge >= 0.3 is 0 Å². The van der Waals surface area contributed by atoms with Crippen molar-refractivity contribution in [2.24, 2.45) is 7.05 Å². The maximum atomic E-state index is 5.80. The number of nitrogens with zero attached hydrogens (tertiary/aromatic N) is 2. The molecule has 2 unspecified atom stereocenters. The second-order valence-electron chi connectivity index (χ2n) is 5.51. The van der Waals surface area contributed by atoms with E-state index in [9.17, 15) is 0 Å². The molecule has 0 radical (unpaired) electrons. The van der Waals surface area contributed by atoms with Gasteiger partial charge in [0.15, 0.2) is 0 Å². The molecule has 0 bridgehead atoms. The minimum atomic E-state index is 0.183. The molecule has 1 aromatic carbocycles. The van der Waals surface area contributed by atoms with Gasteiger partial charge in [-0.05, 0) is 32.9 Å². The third kappa shape index (κ3) is 3.83. The third-order valence-corrected chi connectivity index (χ3v) is 3.90. The van der Waals surface area contributed by atoms with Gasteiger partial charge in [0.25, 0.3) is 0 Å². The Morgan fingerprint density at radius 3 is 2.76 bits per heavy atom. The molecule has 0 aliphatic heterocycles. The predicted octanol–water partition coefficient (Wildman–Crippen LogP) is 2.91. The van der Waals surface area contributed by atoms with Crippen molar-refractivity contribution in [3.8, 4) is 0 Å². The highest BCUT2D eigenvalue weighted by Gasteiger charge is 2.20. The minimum absolute atomic E-state index is 0.183. The van der Waals surface area contributed by atoms with E-state index in [2.05, 4.69) is 43.4 Å². The number of aromatic nitrogens is 2. The van der Waals surface area contributed by atoms with Gasteiger partial charge < -0.3 is 10.1 Å². The fourth-order valence-electron chi connectivity index (χ4n) is 2.76. The summed E-state index contributed by atoms with van der Waals surface area (Å²) in [5.41, 5.74) is 2.33. The summed E-state index contributed by atoms with van der Waals surface area (Å²) in [6, 6.07) is 8.70. The maximum absolute atomic E-state index is 5.80. The summed E-state index contributed by atoms with van der Waals surface area (Å²) in [7, 11) is 2.01. The Kier molecular flexibility index (Phi) is 5.76. The van der Waals surface area contributed by atoms with Gasteiger partial charge in [0.1, 0.15) is 0 Å². The lowest BCUT2D eigenvalue weighted by molar-refractivity contribution is 0.0474. The lowest BCUT2D eigenvalue weighted by Crippen LogP contribution is -2.42. The molecule has 1 N–H and O–H groups in total. The van der Waals surface area contributed by atoms with Crippen molar-refractivity contribution in [3.05, 3.63) is 30.0 Å². The molecule has 4 heteroatoms. The van der Waals surface area contributed by atoms with E-state index >= 15 is 0 Å². The summed E-state index contributed by atoms with van der Waals surface area (Å²) in [4.78, 5) is 0. The van der Waals surface area contributed by atoms with Crippen LogP contribution in [0.25, 0.3) is 10.9 Å². The van der Waals surface area contributed by atoms with Crippen LogP contribution in [0.4, 0.5) is 0 Å². The van der Waals surface area contributed by atoms with Crippen molar-refractivity contribution < 1.29 is 4.74 Å². The maximum Gasteiger partial charge on any atom is 0.0719 e. The summed E-state index contributed by atoms with van der Waals surface area (Å²) in [5.74, 6) is 0. The molecular weight excluding hydrogens is 262 g/mol. The first kappa shape index (κ1) is 16.0. The van der Waals surface area contributed by atoms with Crippen LogP contribution in [0.1, 0.15) is 32.9 Å². The van der Waals surface area contributed by atoms with Gasteiger partial charge in [-0.1, -0.05) is 25.1 Å². The Morgan fingerprint density at radius 2 is 2.05 bits per heavy atom. The fraction of sp³-hybridized carbons (Fsp3) is 0.588. The molecule has 2 aromatic rings. The molecule has 0 amide bonds. The Hall–Kier alpha value is -1.39. The van der Waals surface area contributed by atoms with Crippen LogP contribution in [0.3, 0.4) is 0 Å². The van der Waals surface area contributed by atoms with Gasteiger partial charge in [0.2, 0.25) is 0 Å². The lowest BCUT2D eigenvalue weighted by Gasteiger charge is -2.24. The first-order valence-electron chi connectivity index (χ1n) is 7.93. The number of para-hydroxylation sites is 1. The third-order valence-electron chi connectivity index (χ3n) is 3.90. The molecule has 4 nitrogen and oxygen atoms in total. The largest absolute Gasteiger partial charge is 0.377 e. The van der Waals surface area contributed by atoms with Crippen molar-refractivity contribution >= 4 is 10.9 Å². The van der Waals surface area contributed by atoms with Crippen molar-refractivity contribution in [1.29, 1.82) is 0 Å². The zero-order valence-corrected chi connectivity index (χ0v) is 13.6. The molecule has 0 spiro atoms. The molecule has 0 saturated carbocycles. The SMILES string of the molecule is CCCNC(Cc1nn(C)c2ccccc12)C(C)OCC. The van der Waals surface area contributed by atoms with E-state index in [-0.39, 0.29) is 6.10 Å². The second-order valence-corrected chi connectivity index (χ2v) is 5.51. The molecule has 21 heavy (non-hydrogen) atoms. The van der Waals surface area contributed by atoms with Crippen molar-refractivity contribution in [1.82, 2.24) is 15.1 Å². The zero-order valence-electron chi connectivity index (χ0n) is 13.6. The number of hydrogen-bond acceptors (Lipinski definition) is 3. The van der Waals surface area contributed by atoms with E-state index < -0.39 is 0 Å². The molecule has 2 atom stereocenters. The lowest BCUT2D eigenvalue weighted by atomic mass is 10.0. The normalized spacial score (nSPS) is 14.5. The van der Waals surface area contributed by atoms with Gasteiger partial charge in [-0.3, -0.25) is 4.68 Å². The Labute approximate surface area is 127 Å². The number of rotatable bonds is 8. The van der Waals surface area contributed by atoms with E-state index in [0.717, 1.165) is 31.7 Å². The highest BCUT2D eigenvalue weighted by molar-refractivity contribution is 5.81. The van der Waals surface area contributed by atoms with Crippen LogP contribution in [0, 0.1) is 0 Å². The smallest absolute Gasteiger partial charge is 0.0719 e. The molecule has 0 aliphatic carbocycles. The van der Waals surface area contributed by atoms with Crippen molar-refractivity contribution in [3.63, 3.8) is 0 Å². The minimum Gasteiger partial charge on any atom is -0.377 e. The predicted molar refractivity (Wildman–Crippen MR) is 87.6 cm³/mol. The number of ether oxygens (including phenoxy) is 1. The summed E-state index contributed by atoms with van der Waals surface area (Å²) in [6.07, 6.45) is 2.20. The molecule has 0 fully saturated rings. The summed E-state index contributed by atoms with van der Waals surface area (Å²) in [6.45, 7) is 8.12. The highest BCUT2D eigenvalue weighted by Crippen LogP contribution is 2.19. The number of benzene rings is 1. The highest BCUT2D eigenvalue weighted by atomic mass is 16.5. The van der Waals surface area contributed by atoms with Crippen LogP contribution < -0.4 is 5.32 Å². The van der Waals surface area contributed by atoms with Gasteiger partial charge in [0.05, 0.1) is 17.3 Å². The van der Waals surface area contributed by atoms with Crippen LogP contribution in [-0.2, 0) is 18.2 Å². The average molecular weight is 289 g/mol. The van der Waals surface area contributed by atoms with Gasteiger partial charge in [-0.2, -0.15) is 5.10 Å². The van der Waals surface area contributed by atoms with Crippen molar-refractivity contribution in [2.45, 2.75) is 45.8 Å². The molecular formula is C17H27N3O. The van der Waals surface area contributed by atoms with Gasteiger partial charge in [-0.25, -0.2) is 0 Å². The molecule has 1 aromatic heterocycles. The molecule has 1 heterocycles. The molecule has 2 rings (SSSR count). The Morgan fingerprint density at radius 1 is 1.29 bits per heavy atom. The van der Waals surface area contributed by atoms with E-state index in [1.807, 2.05) is 18.7 Å². The standard InChI is InChI=1S/C17H27N3O/c1-5-11-18-15(13(3)21-6-2)12-16-14-9-7-8-10-17(14)20(4)19-16/h7-10,13,15,18H,5-6,11-12H2,1-4H3. The van der Waals surface area contributed by atoms with Gasteiger partial charge in [-0.15, -0.1) is 0 Å². The van der Waals surface area contributed by atoms with Crippen LogP contribution in [0.5, 0.6) is 0 Å².